The lowest BCUT2D eigenvalue weighted by Gasteiger charge is -2.13. The van der Waals surface area contributed by atoms with E-state index in [1.54, 1.807) is 17.5 Å². The molecule has 0 saturated heterocycles. The zero-order valence-electron chi connectivity index (χ0n) is 11.5. The minimum Gasteiger partial charge on any atom is -0.347 e. The van der Waals surface area contributed by atoms with Crippen LogP contribution in [0.5, 0.6) is 0 Å². The third kappa shape index (κ3) is 3.44. The zero-order valence-corrected chi connectivity index (χ0v) is 12.3. The second-order valence-corrected chi connectivity index (χ2v) is 5.81. The molecule has 102 valence electrons. The van der Waals surface area contributed by atoms with Gasteiger partial charge in [0.05, 0.1) is 11.4 Å². The van der Waals surface area contributed by atoms with Gasteiger partial charge in [-0.15, -0.1) is 11.3 Å². The number of carbonyl (C=O) groups excluding carboxylic acids is 1. The lowest BCUT2D eigenvalue weighted by Crippen LogP contribution is -2.35. The highest BCUT2D eigenvalue weighted by molar-refractivity contribution is 7.14. The summed E-state index contributed by atoms with van der Waals surface area (Å²) >= 11 is 1.58. The first-order chi connectivity index (χ1) is 9.10. The fourth-order valence-electron chi connectivity index (χ4n) is 2.01. The van der Waals surface area contributed by atoms with Gasteiger partial charge in [-0.05, 0) is 38.0 Å². The summed E-state index contributed by atoms with van der Waals surface area (Å²) in [5, 5.41) is 7.15. The molecule has 5 heteroatoms. The summed E-state index contributed by atoms with van der Waals surface area (Å²) in [6.07, 6.45) is 4.62. The van der Waals surface area contributed by atoms with Crippen molar-refractivity contribution in [3.05, 3.63) is 39.8 Å². The molecule has 4 nitrogen and oxygen atoms in total. The van der Waals surface area contributed by atoms with Crippen LogP contribution in [0.1, 0.15) is 34.0 Å². The van der Waals surface area contributed by atoms with Gasteiger partial charge >= 0.3 is 0 Å². The predicted molar refractivity (Wildman–Crippen MR) is 77.6 cm³/mol. The lowest BCUT2D eigenvalue weighted by atomic mass is 10.2. The Balaban J connectivity index is 1.96. The molecule has 1 N–H and O–H groups in total. The van der Waals surface area contributed by atoms with Gasteiger partial charge in [-0.2, -0.15) is 5.10 Å². The van der Waals surface area contributed by atoms with Gasteiger partial charge in [-0.3, -0.25) is 9.48 Å². The number of hydrogen-bond acceptors (Lipinski definition) is 3. The van der Waals surface area contributed by atoms with Crippen molar-refractivity contribution < 1.29 is 4.79 Å². The average Bonchev–Trinajstić information content (AvgIpc) is 2.98. The maximum Gasteiger partial charge on any atom is 0.261 e. The third-order valence-corrected chi connectivity index (χ3v) is 4.34. The molecule has 0 saturated carbocycles. The fraction of sp³-hybridized carbons (Fsp3) is 0.429. The van der Waals surface area contributed by atoms with E-state index in [-0.39, 0.29) is 11.9 Å². The van der Waals surface area contributed by atoms with Crippen molar-refractivity contribution in [2.24, 2.45) is 0 Å². The van der Waals surface area contributed by atoms with Crippen molar-refractivity contribution in [2.45, 2.75) is 39.8 Å². The van der Waals surface area contributed by atoms with Crippen molar-refractivity contribution in [3.8, 4) is 0 Å². The largest absolute Gasteiger partial charge is 0.347 e. The van der Waals surface area contributed by atoms with Gasteiger partial charge < -0.3 is 5.32 Å². The zero-order chi connectivity index (χ0) is 13.8. The van der Waals surface area contributed by atoms with E-state index in [0.29, 0.717) is 6.54 Å². The van der Waals surface area contributed by atoms with E-state index in [1.807, 2.05) is 29.9 Å². The number of aromatic nitrogens is 2. The quantitative estimate of drug-likeness (QED) is 0.913. The Morgan fingerprint density at radius 1 is 1.58 bits per heavy atom. The second-order valence-electron chi connectivity index (χ2n) is 4.67. The molecule has 2 heterocycles. The van der Waals surface area contributed by atoms with Crippen molar-refractivity contribution in [1.29, 1.82) is 0 Å². The van der Waals surface area contributed by atoms with Crippen molar-refractivity contribution in [1.82, 2.24) is 15.1 Å². The van der Waals surface area contributed by atoms with Crippen LogP contribution in [0.25, 0.3) is 0 Å². The van der Waals surface area contributed by atoms with Crippen LogP contribution in [0, 0.1) is 6.92 Å². The highest BCUT2D eigenvalue weighted by atomic mass is 32.1. The van der Waals surface area contributed by atoms with Crippen LogP contribution in [-0.4, -0.2) is 21.7 Å². The molecule has 0 radical (unpaired) electrons. The Morgan fingerprint density at radius 3 is 2.95 bits per heavy atom. The van der Waals surface area contributed by atoms with Gasteiger partial charge in [-0.1, -0.05) is 6.92 Å². The molecule has 0 aliphatic carbocycles. The summed E-state index contributed by atoms with van der Waals surface area (Å²) < 4.78 is 1.82. The van der Waals surface area contributed by atoms with E-state index >= 15 is 0 Å². The number of thiophene rings is 1. The maximum atomic E-state index is 12.1. The predicted octanol–water partition coefficient (Wildman–Crippen LogP) is 2.63. The molecule has 2 aromatic rings. The van der Waals surface area contributed by atoms with E-state index in [4.69, 9.17) is 0 Å². The first-order valence-corrected chi connectivity index (χ1v) is 7.29. The van der Waals surface area contributed by atoms with Crippen molar-refractivity contribution in [2.75, 3.05) is 0 Å². The summed E-state index contributed by atoms with van der Waals surface area (Å²) in [6.45, 7) is 6.84. The highest BCUT2D eigenvalue weighted by Gasteiger charge is 2.14. The van der Waals surface area contributed by atoms with Crippen LogP contribution in [0.2, 0.25) is 0 Å². The first kappa shape index (κ1) is 13.8. The van der Waals surface area contributed by atoms with E-state index in [9.17, 15) is 4.79 Å². The lowest BCUT2D eigenvalue weighted by molar-refractivity contribution is 0.0940. The van der Waals surface area contributed by atoms with Gasteiger partial charge in [0.15, 0.2) is 0 Å². The Morgan fingerprint density at radius 2 is 2.37 bits per heavy atom. The SMILES string of the molecule is CCc1sc(C(=O)N[C@@H](C)Cn2cccn2)cc1C. The van der Waals surface area contributed by atoms with Crippen LogP contribution in [0.15, 0.2) is 24.5 Å². The fourth-order valence-corrected chi connectivity index (χ4v) is 3.03. The molecule has 19 heavy (non-hydrogen) atoms. The first-order valence-electron chi connectivity index (χ1n) is 6.47. The topological polar surface area (TPSA) is 46.9 Å². The molecule has 1 atom stereocenters. The molecule has 0 bridgehead atoms. The van der Waals surface area contributed by atoms with Crippen LogP contribution in [-0.2, 0) is 13.0 Å². The van der Waals surface area contributed by atoms with Gasteiger partial charge in [-0.25, -0.2) is 0 Å². The van der Waals surface area contributed by atoms with Crippen LogP contribution >= 0.6 is 11.3 Å². The minimum atomic E-state index is 0.00690. The maximum absolute atomic E-state index is 12.1. The Kier molecular flexibility index (Phi) is 4.37. The number of nitrogens with zero attached hydrogens (tertiary/aromatic N) is 2. The molecule has 2 rings (SSSR count). The normalized spacial score (nSPS) is 12.4. The van der Waals surface area contributed by atoms with Crippen molar-refractivity contribution >= 4 is 17.2 Å². The number of amides is 1. The third-order valence-electron chi connectivity index (χ3n) is 2.96. The molecule has 0 aliphatic rings. The monoisotopic (exact) mass is 277 g/mol. The number of aryl methyl sites for hydroxylation is 2. The van der Waals surface area contributed by atoms with Gasteiger partial charge in [0, 0.05) is 23.3 Å². The molecular formula is C14H19N3OS. The number of carbonyl (C=O) groups is 1. The Labute approximate surface area is 117 Å². The molecular weight excluding hydrogens is 258 g/mol. The highest BCUT2D eigenvalue weighted by Crippen LogP contribution is 2.22. The van der Waals surface area contributed by atoms with E-state index in [2.05, 4.69) is 24.3 Å². The van der Waals surface area contributed by atoms with E-state index in [1.165, 1.54) is 10.4 Å². The summed E-state index contributed by atoms with van der Waals surface area (Å²) in [5.74, 6) is 0.00690. The molecule has 0 spiro atoms. The molecule has 2 aromatic heterocycles. The molecule has 0 fully saturated rings. The molecule has 0 aliphatic heterocycles. The van der Waals surface area contributed by atoms with E-state index in [0.717, 1.165) is 11.3 Å². The van der Waals surface area contributed by atoms with Gasteiger partial charge in [0.25, 0.3) is 5.91 Å². The number of rotatable bonds is 5. The Bertz CT molecular complexity index is 545. The average molecular weight is 277 g/mol. The summed E-state index contributed by atoms with van der Waals surface area (Å²) in [7, 11) is 0. The number of nitrogens with one attached hydrogen (secondary N) is 1. The summed E-state index contributed by atoms with van der Waals surface area (Å²) in [6, 6.07) is 3.91. The second kappa shape index (κ2) is 6.02. The summed E-state index contributed by atoms with van der Waals surface area (Å²) in [4.78, 5) is 14.2. The van der Waals surface area contributed by atoms with Crippen LogP contribution in [0.3, 0.4) is 0 Å². The molecule has 1 amide bonds. The Hall–Kier alpha value is -1.62. The van der Waals surface area contributed by atoms with Crippen LogP contribution < -0.4 is 5.32 Å². The van der Waals surface area contributed by atoms with Crippen molar-refractivity contribution in [3.63, 3.8) is 0 Å². The van der Waals surface area contributed by atoms with Crippen LogP contribution in [0.4, 0.5) is 0 Å². The van der Waals surface area contributed by atoms with Gasteiger partial charge in [0.2, 0.25) is 0 Å². The van der Waals surface area contributed by atoms with Gasteiger partial charge in [0.1, 0.15) is 0 Å². The molecule has 0 aromatic carbocycles. The smallest absolute Gasteiger partial charge is 0.261 e. The minimum absolute atomic E-state index is 0.00690. The van der Waals surface area contributed by atoms with E-state index < -0.39 is 0 Å². The molecule has 0 unspecified atom stereocenters. The standard InChI is InChI=1S/C14H19N3OS/c1-4-12-10(2)8-13(19-12)14(18)16-11(3)9-17-7-5-6-15-17/h5-8,11H,4,9H2,1-3H3,(H,16,18)/t11-/m0/s1. The number of hydrogen-bond donors (Lipinski definition) is 1. The summed E-state index contributed by atoms with van der Waals surface area (Å²) in [5.41, 5.74) is 1.21.